The molecule has 6 heteroatoms. The average molecular weight is 437 g/mol. The minimum Gasteiger partial charge on any atom is -0.494 e. The number of halogens is 2. The zero-order valence-corrected chi connectivity index (χ0v) is 15.9. The summed E-state index contributed by atoms with van der Waals surface area (Å²) < 4.78 is 7.35. The number of pyridine rings is 2. The Balaban J connectivity index is 2.00. The molecular formula is C17H15Br2N3O. The van der Waals surface area contributed by atoms with E-state index in [9.17, 15) is 0 Å². The van der Waals surface area contributed by atoms with Crippen molar-refractivity contribution in [1.29, 1.82) is 0 Å². The summed E-state index contributed by atoms with van der Waals surface area (Å²) >= 11 is 7.09. The van der Waals surface area contributed by atoms with Gasteiger partial charge in [0.25, 0.3) is 0 Å². The first kappa shape index (κ1) is 16.2. The molecule has 0 aliphatic carbocycles. The van der Waals surface area contributed by atoms with Gasteiger partial charge < -0.3 is 10.1 Å². The van der Waals surface area contributed by atoms with E-state index in [1.807, 2.05) is 31.2 Å². The molecule has 0 atom stereocenters. The highest BCUT2D eigenvalue weighted by atomic mass is 79.9. The molecule has 3 rings (SSSR count). The Labute approximate surface area is 151 Å². The van der Waals surface area contributed by atoms with E-state index >= 15 is 0 Å². The van der Waals surface area contributed by atoms with Crippen LogP contribution in [-0.2, 0) is 6.54 Å². The number of anilines is 1. The number of aryl methyl sites for hydroxylation is 1. The van der Waals surface area contributed by atoms with Gasteiger partial charge in [0.15, 0.2) is 0 Å². The smallest absolute Gasteiger partial charge is 0.145 e. The number of hydrogen-bond donors (Lipinski definition) is 1. The number of para-hydroxylation sites is 1. The van der Waals surface area contributed by atoms with Gasteiger partial charge in [-0.1, -0.05) is 12.1 Å². The lowest BCUT2D eigenvalue weighted by Crippen LogP contribution is -2.03. The Morgan fingerprint density at radius 2 is 1.91 bits per heavy atom. The lowest BCUT2D eigenvalue weighted by atomic mass is 10.1. The number of methoxy groups -OCH3 is 1. The number of aromatic nitrogens is 2. The van der Waals surface area contributed by atoms with E-state index in [-0.39, 0.29) is 0 Å². The van der Waals surface area contributed by atoms with Crippen molar-refractivity contribution >= 4 is 48.5 Å². The molecule has 0 saturated carbocycles. The van der Waals surface area contributed by atoms with Crippen LogP contribution in [0.2, 0.25) is 0 Å². The summed E-state index contributed by atoms with van der Waals surface area (Å²) in [6, 6.07) is 7.99. The van der Waals surface area contributed by atoms with E-state index in [2.05, 4.69) is 47.1 Å². The minimum absolute atomic E-state index is 0.666. The first-order valence-electron chi connectivity index (χ1n) is 7.06. The third-order valence-electron chi connectivity index (χ3n) is 3.56. The summed E-state index contributed by atoms with van der Waals surface area (Å²) in [5.74, 6) is 0.778. The van der Waals surface area contributed by atoms with Crippen molar-refractivity contribution in [2.45, 2.75) is 13.5 Å². The highest BCUT2D eigenvalue weighted by Gasteiger charge is 2.10. The zero-order valence-electron chi connectivity index (χ0n) is 12.7. The molecule has 3 aromatic rings. The molecule has 1 aromatic carbocycles. The van der Waals surface area contributed by atoms with E-state index in [0.717, 1.165) is 42.5 Å². The van der Waals surface area contributed by atoms with Crippen LogP contribution in [0.5, 0.6) is 5.75 Å². The fourth-order valence-corrected chi connectivity index (χ4v) is 3.66. The van der Waals surface area contributed by atoms with E-state index in [4.69, 9.17) is 4.74 Å². The van der Waals surface area contributed by atoms with Crippen LogP contribution in [0.3, 0.4) is 0 Å². The normalized spacial score (nSPS) is 10.8. The van der Waals surface area contributed by atoms with Gasteiger partial charge in [-0.2, -0.15) is 0 Å². The number of nitrogens with zero attached hydrogens (tertiary/aromatic N) is 2. The maximum absolute atomic E-state index is 5.42. The second kappa shape index (κ2) is 6.84. The summed E-state index contributed by atoms with van der Waals surface area (Å²) in [6.45, 7) is 2.65. The van der Waals surface area contributed by atoms with Crippen molar-refractivity contribution in [3.63, 3.8) is 0 Å². The van der Waals surface area contributed by atoms with E-state index < -0.39 is 0 Å². The molecule has 1 N–H and O–H groups in total. The summed E-state index contributed by atoms with van der Waals surface area (Å²) in [7, 11) is 1.66. The first-order chi connectivity index (χ1) is 11.1. The van der Waals surface area contributed by atoms with Crippen molar-refractivity contribution < 1.29 is 4.74 Å². The third-order valence-corrected chi connectivity index (χ3v) is 4.93. The van der Waals surface area contributed by atoms with Crippen molar-refractivity contribution in [3.8, 4) is 5.75 Å². The molecule has 0 unspecified atom stereocenters. The monoisotopic (exact) mass is 435 g/mol. The highest BCUT2D eigenvalue weighted by Crippen LogP contribution is 2.31. The Hall–Kier alpha value is -1.66. The molecule has 23 heavy (non-hydrogen) atoms. The maximum Gasteiger partial charge on any atom is 0.145 e. The number of hydrogen-bond acceptors (Lipinski definition) is 4. The number of nitrogens with one attached hydrogen (secondary N) is 1. The molecule has 0 radical (unpaired) electrons. The fraction of sp³-hybridized carbons (Fsp3) is 0.176. The van der Waals surface area contributed by atoms with E-state index in [0.29, 0.717) is 6.54 Å². The van der Waals surface area contributed by atoms with Gasteiger partial charge in [-0.3, -0.25) is 4.98 Å². The molecule has 0 bridgehead atoms. The molecule has 2 aromatic heterocycles. The quantitative estimate of drug-likeness (QED) is 0.619. The molecular weight excluding hydrogens is 422 g/mol. The van der Waals surface area contributed by atoms with E-state index in [1.165, 1.54) is 0 Å². The predicted molar refractivity (Wildman–Crippen MR) is 100.0 cm³/mol. The molecule has 0 spiro atoms. The number of ether oxygens (including phenoxy) is 1. The van der Waals surface area contributed by atoms with Gasteiger partial charge in [-0.05, 0) is 50.9 Å². The average Bonchev–Trinajstić information content (AvgIpc) is 2.53. The topological polar surface area (TPSA) is 47.0 Å². The molecule has 4 nitrogen and oxygen atoms in total. The van der Waals surface area contributed by atoms with Gasteiger partial charge in [0.2, 0.25) is 0 Å². The fourth-order valence-electron chi connectivity index (χ4n) is 2.45. The summed E-state index contributed by atoms with van der Waals surface area (Å²) in [6.07, 6.45) is 3.58. The van der Waals surface area contributed by atoms with Crippen molar-refractivity contribution in [1.82, 2.24) is 9.97 Å². The third kappa shape index (κ3) is 3.33. The molecule has 0 aliphatic heterocycles. The Kier molecular flexibility index (Phi) is 4.82. The molecule has 0 aliphatic rings. The number of benzene rings is 1. The number of rotatable bonds is 4. The summed E-state index contributed by atoms with van der Waals surface area (Å²) in [5.41, 5.74) is 3.95. The predicted octanol–water partition coefficient (Wildman–Crippen LogP) is 5.08. The van der Waals surface area contributed by atoms with Crippen LogP contribution in [0, 0.1) is 6.92 Å². The summed E-state index contributed by atoms with van der Waals surface area (Å²) in [4.78, 5) is 8.74. The van der Waals surface area contributed by atoms with Crippen LogP contribution in [-0.4, -0.2) is 17.1 Å². The standard InChI is InChI=1S/C17H15Br2N3O/c1-10-6-15(11-4-3-5-16(23-2)17(11)22-10)21-7-12-13(18)8-20-9-14(12)19/h3-6,8-9H,7H2,1-2H3,(H,21,22). The lowest BCUT2D eigenvalue weighted by molar-refractivity contribution is 0.419. The van der Waals surface area contributed by atoms with Crippen molar-refractivity contribution in [3.05, 3.63) is 56.9 Å². The first-order valence-corrected chi connectivity index (χ1v) is 8.65. The SMILES string of the molecule is COc1cccc2c(NCc3c(Br)cncc3Br)cc(C)nc12. The number of fused-ring (bicyclic) bond motifs is 1. The molecule has 0 amide bonds. The molecule has 0 saturated heterocycles. The highest BCUT2D eigenvalue weighted by molar-refractivity contribution is 9.11. The van der Waals surface area contributed by atoms with Crippen molar-refractivity contribution in [2.24, 2.45) is 0 Å². The van der Waals surface area contributed by atoms with Gasteiger partial charge in [0.1, 0.15) is 11.3 Å². The van der Waals surface area contributed by atoms with Gasteiger partial charge in [-0.25, -0.2) is 4.98 Å². The van der Waals surface area contributed by atoms with Crippen LogP contribution in [0.1, 0.15) is 11.3 Å². The van der Waals surface area contributed by atoms with Crippen LogP contribution >= 0.6 is 31.9 Å². The molecule has 0 fully saturated rings. The zero-order chi connectivity index (χ0) is 16.4. The largest absolute Gasteiger partial charge is 0.494 e. The Morgan fingerprint density at radius 3 is 2.61 bits per heavy atom. The Bertz CT molecular complexity index is 848. The van der Waals surface area contributed by atoms with Crippen LogP contribution < -0.4 is 10.1 Å². The lowest BCUT2D eigenvalue weighted by Gasteiger charge is -2.14. The molecule has 118 valence electrons. The van der Waals surface area contributed by atoms with E-state index in [1.54, 1.807) is 19.5 Å². The molecule has 2 heterocycles. The second-order valence-electron chi connectivity index (χ2n) is 5.10. The Morgan fingerprint density at radius 1 is 1.17 bits per heavy atom. The minimum atomic E-state index is 0.666. The van der Waals surface area contributed by atoms with Crippen molar-refractivity contribution in [2.75, 3.05) is 12.4 Å². The summed E-state index contributed by atoms with van der Waals surface area (Å²) in [5, 5.41) is 4.53. The van der Waals surface area contributed by atoms with Crippen LogP contribution in [0.4, 0.5) is 5.69 Å². The van der Waals surface area contributed by atoms with Gasteiger partial charge in [0.05, 0.1) is 7.11 Å². The van der Waals surface area contributed by atoms with Gasteiger partial charge >= 0.3 is 0 Å². The van der Waals surface area contributed by atoms with Gasteiger partial charge in [-0.15, -0.1) is 0 Å². The second-order valence-corrected chi connectivity index (χ2v) is 6.81. The van der Waals surface area contributed by atoms with Gasteiger partial charge in [0, 0.05) is 50.2 Å². The maximum atomic E-state index is 5.42. The van der Waals surface area contributed by atoms with Crippen LogP contribution in [0.15, 0.2) is 45.6 Å². The van der Waals surface area contributed by atoms with Crippen LogP contribution in [0.25, 0.3) is 10.9 Å².